The van der Waals surface area contributed by atoms with Crippen molar-refractivity contribution in [2.75, 3.05) is 0 Å². The zero-order valence-corrected chi connectivity index (χ0v) is 31.5. The largest absolute Gasteiger partial charge is 0.456 e. The van der Waals surface area contributed by atoms with Crippen molar-refractivity contribution in [1.82, 2.24) is 0 Å². The van der Waals surface area contributed by atoms with E-state index in [1.165, 1.54) is 100 Å². The van der Waals surface area contributed by atoms with Gasteiger partial charge in [0, 0.05) is 11.1 Å². The Morgan fingerprint density at radius 2 is 0.531 bits per heavy atom. The van der Waals surface area contributed by atoms with Gasteiger partial charge in [-0.15, -0.1) is 0 Å². The molecular weight excluding hydrogens is 593 g/mol. The second kappa shape index (κ2) is 13.2. The fourth-order valence-corrected chi connectivity index (χ4v) is 8.64. The zero-order valence-electron chi connectivity index (χ0n) is 31.5. The van der Waals surface area contributed by atoms with Crippen LogP contribution in [0.1, 0.15) is 66.8 Å². The molecule has 248 valence electrons. The molecule has 0 aliphatic rings. The lowest BCUT2D eigenvalue weighted by Crippen LogP contribution is -2.01. The highest BCUT2D eigenvalue weighted by atomic mass is 16.5. The van der Waals surface area contributed by atoms with E-state index in [-0.39, 0.29) is 0 Å². The van der Waals surface area contributed by atoms with Crippen LogP contribution in [0.2, 0.25) is 0 Å². The third kappa shape index (κ3) is 6.35. The van der Waals surface area contributed by atoms with Crippen LogP contribution >= 0.6 is 0 Å². The molecule has 6 rings (SSSR count). The lowest BCUT2D eigenvalue weighted by Gasteiger charge is -2.25. The van der Waals surface area contributed by atoms with Crippen LogP contribution in [0.4, 0.5) is 0 Å². The highest BCUT2D eigenvalue weighted by molar-refractivity contribution is 5.95. The number of ether oxygens (including phenoxy) is 1. The van der Waals surface area contributed by atoms with Gasteiger partial charge in [-0.05, 0) is 173 Å². The van der Waals surface area contributed by atoms with E-state index in [0.29, 0.717) is 0 Å². The third-order valence-electron chi connectivity index (χ3n) is 10.0. The van der Waals surface area contributed by atoms with Crippen molar-refractivity contribution >= 4 is 0 Å². The van der Waals surface area contributed by atoms with Crippen LogP contribution in [0.3, 0.4) is 0 Å². The highest BCUT2D eigenvalue weighted by Gasteiger charge is 2.24. The SMILES string of the molecule is Cc1cc(C)c(-c2cccc(Oc3cccc(-c4c(C)cc(C)cc4C)c3-c3c(C)cc(C)cc3C)c2-c2c(C)cc(C)cc2C)c(C)c1. The van der Waals surface area contributed by atoms with Crippen molar-refractivity contribution in [3.05, 3.63) is 152 Å². The monoisotopic (exact) mass is 642 g/mol. The van der Waals surface area contributed by atoms with Gasteiger partial charge in [0.1, 0.15) is 11.5 Å². The Bertz CT molecular complexity index is 2010. The molecule has 0 N–H and O–H groups in total. The van der Waals surface area contributed by atoms with Crippen LogP contribution < -0.4 is 4.74 Å². The fourth-order valence-electron chi connectivity index (χ4n) is 8.64. The van der Waals surface area contributed by atoms with Gasteiger partial charge in [0.2, 0.25) is 0 Å². The Morgan fingerprint density at radius 3 is 0.796 bits per heavy atom. The molecule has 49 heavy (non-hydrogen) atoms. The number of rotatable bonds is 6. The molecule has 1 nitrogen and oxygen atoms in total. The topological polar surface area (TPSA) is 9.23 Å². The Morgan fingerprint density at radius 1 is 0.286 bits per heavy atom. The lowest BCUT2D eigenvalue weighted by molar-refractivity contribution is 0.486. The minimum atomic E-state index is 0.866. The summed E-state index contributed by atoms with van der Waals surface area (Å²) in [6.45, 7) is 26.6. The van der Waals surface area contributed by atoms with Crippen molar-refractivity contribution < 1.29 is 4.74 Å². The summed E-state index contributed by atoms with van der Waals surface area (Å²) < 4.78 is 7.36. The summed E-state index contributed by atoms with van der Waals surface area (Å²) in [5, 5.41) is 0. The Labute approximate surface area is 294 Å². The molecule has 0 atom stereocenters. The molecule has 6 aromatic rings. The first kappa shape index (κ1) is 34.0. The molecule has 0 heterocycles. The molecule has 0 saturated heterocycles. The molecule has 0 spiro atoms. The normalized spacial score (nSPS) is 11.3. The molecule has 0 amide bonds. The summed E-state index contributed by atoms with van der Waals surface area (Å²) in [6, 6.07) is 31.6. The second-order valence-corrected chi connectivity index (χ2v) is 14.6. The molecule has 6 aromatic carbocycles. The first-order chi connectivity index (χ1) is 23.2. The number of aryl methyl sites for hydroxylation is 12. The summed E-state index contributed by atoms with van der Waals surface area (Å²) in [7, 11) is 0. The van der Waals surface area contributed by atoms with Crippen LogP contribution in [-0.4, -0.2) is 0 Å². The van der Waals surface area contributed by atoms with Gasteiger partial charge in [0.15, 0.2) is 0 Å². The molecule has 0 unspecified atom stereocenters. The maximum Gasteiger partial charge on any atom is 0.135 e. The van der Waals surface area contributed by atoms with Gasteiger partial charge in [-0.1, -0.05) is 95.1 Å². The van der Waals surface area contributed by atoms with Gasteiger partial charge in [-0.3, -0.25) is 0 Å². The Hall–Kier alpha value is -4.88. The predicted molar refractivity (Wildman–Crippen MR) is 212 cm³/mol. The van der Waals surface area contributed by atoms with Gasteiger partial charge in [-0.2, -0.15) is 0 Å². The van der Waals surface area contributed by atoms with Crippen LogP contribution in [0.5, 0.6) is 11.5 Å². The van der Waals surface area contributed by atoms with E-state index in [2.05, 4.69) is 168 Å². The molecule has 0 saturated carbocycles. The third-order valence-corrected chi connectivity index (χ3v) is 10.0. The first-order valence-corrected chi connectivity index (χ1v) is 17.5. The minimum Gasteiger partial charge on any atom is -0.456 e. The quantitative estimate of drug-likeness (QED) is 0.176. The van der Waals surface area contributed by atoms with E-state index in [1.807, 2.05) is 0 Å². The van der Waals surface area contributed by atoms with Crippen molar-refractivity contribution in [3.63, 3.8) is 0 Å². The van der Waals surface area contributed by atoms with Crippen LogP contribution in [0, 0.1) is 83.1 Å². The fraction of sp³-hybridized carbons (Fsp3) is 0.250. The summed E-state index contributed by atoms with van der Waals surface area (Å²) in [5.41, 5.74) is 24.9. The average molecular weight is 643 g/mol. The first-order valence-electron chi connectivity index (χ1n) is 17.5. The van der Waals surface area contributed by atoms with Crippen LogP contribution in [-0.2, 0) is 0 Å². The average Bonchev–Trinajstić information content (AvgIpc) is 2.97. The lowest BCUT2D eigenvalue weighted by atomic mass is 9.84. The minimum absolute atomic E-state index is 0.866. The number of hydrogen-bond donors (Lipinski definition) is 0. The molecule has 0 bridgehead atoms. The summed E-state index contributed by atoms with van der Waals surface area (Å²) in [5.74, 6) is 1.73. The predicted octanol–water partition coefficient (Wildman–Crippen LogP) is 13.8. The van der Waals surface area contributed by atoms with Crippen molar-refractivity contribution in [2.24, 2.45) is 0 Å². The Kier molecular flexibility index (Phi) is 9.16. The van der Waals surface area contributed by atoms with E-state index < -0.39 is 0 Å². The van der Waals surface area contributed by atoms with Crippen molar-refractivity contribution in [2.45, 2.75) is 83.1 Å². The summed E-state index contributed by atoms with van der Waals surface area (Å²) in [4.78, 5) is 0. The molecule has 0 aliphatic heterocycles. The maximum atomic E-state index is 7.36. The van der Waals surface area contributed by atoms with Gasteiger partial charge in [0.05, 0.1) is 0 Å². The van der Waals surface area contributed by atoms with E-state index in [9.17, 15) is 0 Å². The van der Waals surface area contributed by atoms with Gasteiger partial charge >= 0.3 is 0 Å². The molecule has 0 fully saturated rings. The van der Waals surface area contributed by atoms with E-state index >= 15 is 0 Å². The molecule has 0 aromatic heterocycles. The van der Waals surface area contributed by atoms with E-state index in [4.69, 9.17) is 4.74 Å². The van der Waals surface area contributed by atoms with E-state index in [0.717, 1.165) is 22.6 Å². The smallest absolute Gasteiger partial charge is 0.135 e. The number of hydrogen-bond acceptors (Lipinski definition) is 1. The van der Waals surface area contributed by atoms with E-state index in [1.54, 1.807) is 0 Å². The molecule has 1 heteroatoms. The maximum absolute atomic E-state index is 7.36. The van der Waals surface area contributed by atoms with Crippen LogP contribution in [0.15, 0.2) is 84.9 Å². The van der Waals surface area contributed by atoms with Crippen molar-refractivity contribution in [1.29, 1.82) is 0 Å². The highest BCUT2D eigenvalue weighted by Crippen LogP contribution is 2.50. The summed E-state index contributed by atoms with van der Waals surface area (Å²) in [6.07, 6.45) is 0. The standard InChI is InChI=1S/C48H50O/c1-27-19-31(5)43(32(6)20-27)39-15-13-17-41(47(39)45-35(9)23-29(3)24-36(45)10)49-42-18-14-16-40(44-33(7)21-28(2)22-34(44)8)48(42)46-37(11)25-30(4)26-38(46)12/h13-26H,1-12H3. The molecular formula is C48H50O. The van der Waals surface area contributed by atoms with Crippen molar-refractivity contribution in [3.8, 4) is 56.0 Å². The molecule has 0 radical (unpaired) electrons. The number of benzene rings is 6. The molecule has 0 aliphatic carbocycles. The summed E-state index contributed by atoms with van der Waals surface area (Å²) >= 11 is 0. The Balaban J connectivity index is 1.70. The van der Waals surface area contributed by atoms with Gasteiger partial charge in [0.25, 0.3) is 0 Å². The zero-order chi connectivity index (χ0) is 35.3. The van der Waals surface area contributed by atoms with Gasteiger partial charge in [-0.25, -0.2) is 0 Å². The van der Waals surface area contributed by atoms with Crippen LogP contribution in [0.25, 0.3) is 44.5 Å². The second-order valence-electron chi connectivity index (χ2n) is 14.6. The van der Waals surface area contributed by atoms with Gasteiger partial charge < -0.3 is 4.74 Å².